The summed E-state index contributed by atoms with van der Waals surface area (Å²) in [5.41, 5.74) is -6.31. The largest absolute Gasteiger partial charge is 0.481 e. The second kappa shape index (κ2) is 8.72. The van der Waals surface area contributed by atoms with E-state index >= 15 is 0 Å². The van der Waals surface area contributed by atoms with Gasteiger partial charge < -0.3 is 30.6 Å². The third kappa shape index (κ3) is 7.10. The average molecular weight is 382 g/mol. The van der Waals surface area contributed by atoms with Crippen LogP contribution in [0.15, 0.2) is 0 Å². The van der Waals surface area contributed by atoms with Crippen LogP contribution in [0.2, 0.25) is 0 Å². The second-order valence-electron chi connectivity index (χ2n) is 5.09. The Kier molecular flexibility index (Phi) is 7.63. The van der Waals surface area contributed by atoms with Crippen LogP contribution in [0.4, 0.5) is 0 Å². The Morgan fingerprint density at radius 2 is 0.731 bits per heavy atom. The number of carbonyl (C=O) groups is 6. The highest BCUT2D eigenvalue weighted by atomic mass is 17.2. The summed E-state index contributed by atoms with van der Waals surface area (Å²) >= 11 is 0. The van der Waals surface area contributed by atoms with E-state index in [0.717, 1.165) is 0 Å². The third-order valence-electron chi connectivity index (χ3n) is 2.73. The molecule has 26 heavy (non-hydrogen) atoms. The molecule has 0 saturated heterocycles. The number of aliphatic carboxylic acids is 4. The highest BCUT2D eigenvalue weighted by molar-refractivity contribution is 5.91. The summed E-state index contributed by atoms with van der Waals surface area (Å²) in [6.45, 7) is 0. The fourth-order valence-electron chi connectivity index (χ4n) is 1.65. The Labute approximate surface area is 143 Å². The van der Waals surface area contributed by atoms with Gasteiger partial charge in [0.2, 0.25) is 0 Å². The Morgan fingerprint density at radius 3 is 0.885 bits per heavy atom. The van der Waals surface area contributed by atoms with Gasteiger partial charge in [-0.25, -0.2) is 19.4 Å². The van der Waals surface area contributed by atoms with E-state index in [4.69, 9.17) is 20.4 Å². The molecule has 14 nitrogen and oxygen atoms in total. The molecule has 0 fully saturated rings. The molecule has 0 amide bonds. The Morgan fingerprint density at radius 1 is 0.538 bits per heavy atom. The Balaban J connectivity index is 5.25. The standard InChI is InChI=1S/C12H14O14/c13-5(14)1-11(23,2-6(15)16)9(21)25-26-10(22)12(24,3-7(17)18)4-8(19)20/h23-24H,1-4H2,(H,13,14)(H,15,16)(H,17,18)(H,19,20). The van der Waals surface area contributed by atoms with Crippen LogP contribution in [0.5, 0.6) is 0 Å². The molecule has 0 bridgehead atoms. The van der Waals surface area contributed by atoms with Gasteiger partial charge in [-0.2, -0.15) is 0 Å². The van der Waals surface area contributed by atoms with Crippen molar-refractivity contribution in [1.82, 2.24) is 0 Å². The maximum atomic E-state index is 11.6. The quantitative estimate of drug-likeness (QED) is 0.167. The van der Waals surface area contributed by atoms with Gasteiger partial charge in [-0.1, -0.05) is 0 Å². The van der Waals surface area contributed by atoms with Gasteiger partial charge in [-0.3, -0.25) is 19.2 Å². The SMILES string of the molecule is O=C(O)CC(O)(CC(=O)O)C(=O)OOC(=O)C(O)(CC(=O)O)CC(=O)O. The Hall–Kier alpha value is -3.26. The smallest absolute Gasteiger partial charge is 0.387 e. The van der Waals surface area contributed by atoms with Gasteiger partial charge in [0.25, 0.3) is 0 Å². The van der Waals surface area contributed by atoms with Crippen LogP contribution in [0.3, 0.4) is 0 Å². The number of carboxylic acid groups (broad SMARTS) is 4. The van der Waals surface area contributed by atoms with Crippen molar-refractivity contribution in [3.63, 3.8) is 0 Å². The van der Waals surface area contributed by atoms with E-state index in [9.17, 15) is 39.0 Å². The van der Waals surface area contributed by atoms with Gasteiger partial charge in [0.1, 0.15) is 0 Å². The number of hydrogen-bond donors (Lipinski definition) is 6. The molecule has 0 aromatic carbocycles. The van der Waals surface area contributed by atoms with Gasteiger partial charge in [-0.15, -0.1) is 0 Å². The van der Waals surface area contributed by atoms with Crippen molar-refractivity contribution in [2.75, 3.05) is 0 Å². The molecule has 0 aliphatic carbocycles. The van der Waals surface area contributed by atoms with Gasteiger partial charge in [-0.05, 0) is 0 Å². The zero-order valence-corrected chi connectivity index (χ0v) is 12.8. The van der Waals surface area contributed by atoms with Crippen molar-refractivity contribution in [2.45, 2.75) is 36.9 Å². The Bertz CT molecular complexity index is 533. The van der Waals surface area contributed by atoms with E-state index in [1.165, 1.54) is 0 Å². The number of rotatable bonds is 10. The zero-order valence-electron chi connectivity index (χ0n) is 12.8. The van der Waals surface area contributed by atoms with Crippen LogP contribution >= 0.6 is 0 Å². The molecule has 0 aromatic heterocycles. The summed E-state index contributed by atoms with van der Waals surface area (Å²) in [6, 6.07) is 0. The van der Waals surface area contributed by atoms with Crippen LogP contribution in [-0.4, -0.2) is 77.7 Å². The first kappa shape index (κ1) is 22.7. The molecule has 6 N–H and O–H groups in total. The van der Waals surface area contributed by atoms with Crippen LogP contribution < -0.4 is 0 Å². The number of hydrogen-bond acceptors (Lipinski definition) is 10. The molecular weight excluding hydrogens is 368 g/mol. The van der Waals surface area contributed by atoms with Crippen LogP contribution in [0, 0.1) is 0 Å². The molecule has 0 aliphatic rings. The van der Waals surface area contributed by atoms with E-state index in [0.29, 0.717) is 0 Å². The summed E-state index contributed by atoms with van der Waals surface area (Å²) in [4.78, 5) is 73.2. The number of aliphatic hydroxyl groups is 2. The zero-order chi connectivity index (χ0) is 20.7. The first-order chi connectivity index (χ1) is 11.7. The van der Waals surface area contributed by atoms with Crippen LogP contribution in [-0.2, 0) is 38.5 Å². The third-order valence-corrected chi connectivity index (χ3v) is 2.73. The molecule has 14 heteroatoms. The van der Waals surface area contributed by atoms with Crippen LogP contribution in [0.1, 0.15) is 25.7 Å². The lowest BCUT2D eigenvalue weighted by atomic mass is 9.95. The maximum absolute atomic E-state index is 11.6. The normalized spacial score (nSPS) is 11.3. The fourth-order valence-corrected chi connectivity index (χ4v) is 1.65. The minimum Gasteiger partial charge on any atom is -0.481 e. The second-order valence-corrected chi connectivity index (χ2v) is 5.09. The molecule has 0 heterocycles. The highest BCUT2D eigenvalue weighted by Crippen LogP contribution is 2.21. The predicted molar refractivity (Wildman–Crippen MR) is 71.1 cm³/mol. The fraction of sp³-hybridized carbons (Fsp3) is 0.500. The van der Waals surface area contributed by atoms with Crippen LogP contribution in [0.25, 0.3) is 0 Å². The molecule has 0 radical (unpaired) electrons. The van der Waals surface area contributed by atoms with E-state index in [1.807, 2.05) is 0 Å². The molecule has 0 saturated carbocycles. The lowest BCUT2D eigenvalue weighted by Gasteiger charge is -2.23. The van der Waals surface area contributed by atoms with Gasteiger partial charge in [0.05, 0.1) is 25.7 Å². The molecule has 0 unspecified atom stereocenters. The maximum Gasteiger partial charge on any atom is 0.387 e. The number of carboxylic acids is 4. The van der Waals surface area contributed by atoms with Crippen molar-refractivity contribution in [1.29, 1.82) is 0 Å². The van der Waals surface area contributed by atoms with E-state index in [1.54, 1.807) is 0 Å². The van der Waals surface area contributed by atoms with Gasteiger partial charge in [0.15, 0.2) is 11.2 Å². The summed E-state index contributed by atoms with van der Waals surface area (Å²) in [7, 11) is 0. The summed E-state index contributed by atoms with van der Waals surface area (Å²) in [6.07, 6.45) is -5.82. The molecule has 0 atom stereocenters. The molecule has 0 aliphatic heterocycles. The van der Waals surface area contributed by atoms with E-state index in [2.05, 4.69) is 9.78 Å². The highest BCUT2D eigenvalue weighted by Gasteiger charge is 2.47. The summed E-state index contributed by atoms with van der Waals surface area (Å²) < 4.78 is 0. The molecule has 146 valence electrons. The first-order valence-corrected chi connectivity index (χ1v) is 6.47. The van der Waals surface area contributed by atoms with E-state index in [-0.39, 0.29) is 0 Å². The van der Waals surface area contributed by atoms with Crippen molar-refractivity contribution in [3.05, 3.63) is 0 Å². The molecule has 0 spiro atoms. The summed E-state index contributed by atoms with van der Waals surface area (Å²) in [5, 5.41) is 53.8. The minimum absolute atomic E-state index is 1.45. The predicted octanol–water partition coefficient (Wildman–Crippen LogP) is -2.65. The van der Waals surface area contributed by atoms with Crippen molar-refractivity contribution < 1.29 is 69.2 Å². The average Bonchev–Trinajstić information content (AvgIpc) is 2.40. The lowest BCUT2D eigenvalue weighted by Crippen LogP contribution is -2.47. The topological polar surface area (TPSA) is 242 Å². The molecule has 0 aromatic rings. The minimum atomic E-state index is -3.16. The lowest BCUT2D eigenvalue weighted by molar-refractivity contribution is -0.281. The van der Waals surface area contributed by atoms with Crippen molar-refractivity contribution >= 4 is 35.8 Å². The van der Waals surface area contributed by atoms with E-state index < -0.39 is 72.7 Å². The van der Waals surface area contributed by atoms with Gasteiger partial charge in [0, 0.05) is 0 Å². The molecule has 0 rings (SSSR count). The van der Waals surface area contributed by atoms with Gasteiger partial charge >= 0.3 is 35.8 Å². The van der Waals surface area contributed by atoms with Crippen molar-refractivity contribution in [3.8, 4) is 0 Å². The van der Waals surface area contributed by atoms with Crippen molar-refractivity contribution in [2.24, 2.45) is 0 Å². The monoisotopic (exact) mass is 382 g/mol. The summed E-state index contributed by atoms with van der Waals surface area (Å²) in [5.74, 6) is -11.4. The first-order valence-electron chi connectivity index (χ1n) is 6.47. The molecular formula is C12H14O14. The number of carbonyl (C=O) groups excluding carboxylic acids is 2.